The van der Waals surface area contributed by atoms with E-state index in [2.05, 4.69) is 13.8 Å². The maximum atomic E-state index is 12.4. The Labute approximate surface area is 166 Å². The minimum absolute atomic E-state index is 0.0224. The molecule has 0 unspecified atom stereocenters. The van der Waals surface area contributed by atoms with Gasteiger partial charge in [-0.05, 0) is 78.8 Å². The molecular formula is C23H32O5. The zero-order valence-corrected chi connectivity index (χ0v) is 17.2. The minimum Gasteiger partial charge on any atom is -0.458 e. The molecule has 4 aliphatic rings. The third-order valence-corrected chi connectivity index (χ3v) is 8.81. The van der Waals surface area contributed by atoms with Crippen molar-refractivity contribution in [2.45, 2.75) is 71.8 Å². The second-order valence-corrected chi connectivity index (χ2v) is 9.99. The van der Waals surface area contributed by atoms with Gasteiger partial charge in [-0.2, -0.15) is 0 Å². The van der Waals surface area contributed by atoms with Crippen molar-refractivity contribution >= 4 is 17.5 Å². The number of aliphatic hydroxyl groups is 1. The van der Waals surface area contributed by atoms with E-state index in [0.29, 0.717) is 24.2 Å². The molecule has 7 atom stereocenters. The molecule has 0 aromatic carbocycles. The van der Waals surface area contributed by atoms with Crippen LogP contribution in [-0.2, 0) is 19.1 Å². The third kappa shape index (κ3) is 2.80. The van der Waals surface area contributed by atoms with E-state index >= 15 is 0 Å². The summed E-state index contributed by atoms with van der Waals surface area (Å²) >= 11 is 0. The van der Waals surface area contributed by atoms with Gasteiger partial charge in [0, 0.05) is 19.3 Å². The molecule has 4 aliphatic carbocycles. The first-order valence-electron chi connectivity index (χ1n) is 10.8. The van der Waals surface area contributed by atoms with Gasteiger partial charge in [0.25, 0.3) is 0 Å². The van der Waals surface area contributed by atoms with Crippen molar-refractivity contribution in [3.05, 3.63) is 11.6 Å². The lowest BCUT2D eigenvalue weighted by Crippen LogP contribution is -2.55. The zero-order chi connectivity index (χ0) is 20.3. The lowest BCUT2D eigenvalue weighted by Gasteiger charge is -2.59. The Hall–Kier alpha value is -1.49. The van der Waals surface area contributed by atoms with Crippen LogP contribution in [0, 0.1) is 34.5 Å². The number of ether oxygens (including phenoxy) is 1. The quantitative estimate of drug-likeness (QED) is 0.751. The summed E-state index contributed by atoms with van der Waals surface area (Å²) in [6, 6.07) is 0. The smallest absolute Gasteiger partial charge is 0.303 e. The van der Waals surface area contributed by atoms with Crippen molar-refractivity contribution < 1.29 is 24.2 Å². The monoisotopic (exact) mass is 388 g/mol. The molecule has 3 saturated carbocycles. The van der Waals surface area contributed by atoms with Crippen LogP contribution >= 0.6 is 0 Å². The number of fused-ring (bicyclic) bond motifs is 5. The highest BCUT2D eigenvalue weighted by molar-refractivity contribution is 5.92. The second kappa shape index (κ2) is 6.79. The highest BCUT2D eigenvalue weighted by Gasteiger charge is 2.61. The molecule has 0 radical (unpaired) electrons. The van der Waals surface area contributed by atoms with Gasteiger partial charge in [0.1, 0.15) is 12.7 Å². The topological polar surface area (TPSA) is 80.7 Å². The van der Waals surface area contributed by atoms with E-state index in [-0.39, 0.29) is 47.0 Å². The Balaban J connectivity index is 1.71. The first kappa shape index (κ1) is 19.8. The average Bonchev–Trinajstić information content (AvgIpc) is 2.99. The van der Waals surface area contributed by atoms with Crippen LogP contribution in [0.1, 0.15) is 65.7 Å². The highest BCUT2D eigenvalue weighted by Crippen LogP contribution is 2.66. The Morgan fingerprint density at radius 2 is 1.93 bits per heavy atom. The highest BCUT2D eigenvalue weighted by atomic mass is 16.5. The Morgan fingerprint density at radius 1 is 1.18 bits per heavy atom. The van der Waals surface area contributed by atoms with Gasteiger partial charge in [0.05, 0.1) is 0 Å². The van der Waals surface area contributed by atoms with E-state index in [9.17, 15) is 19.5 Å². The molecule has 0 aliphatic heterocycles. The van der Waals surface area contributed by atoms with Crippen LogP contribution in [0.2, 0.25) is 0 Å². The third-order valence-electron chi connectivity index (χ3n) is 8.81. The molecule has 1 N–H and O–H groups in total. The molecule has 0 saturated heterocycles. The number of rotatable bonds is 3. The number of aliphatic hydroxyl groups excluding tert-OH is 1. The van der Waals surface area contributed by atoms with E-state index in [1.54, 1.807) is 6.08 Å². The van der Waals surface area contributed by atoms with Gasteiger partial charge >= 0.3 is 5.97 Å². The van der Waals surface area contributed by atoms with Crippen molar-refractivity contribution in [2.75, 3.05) is 6.61 Å². The van der Waals surface area contributed by atoms with Gasteiger partial charge < -0.3 is 9.84 Å². The van der Waals surface area contributed by atoms with Crippen molar-refractivity contribution in [3.8, 4) is 0 Å². The lowest BCUT2D eigenvalue weighted by molar-refractivity contribution is -0.153. The van der Waals surface area contributed by atoms with E-state index in [0.717, 1.165) is 44.1 Å². The Kier molecular flexibility index (Phi) is 4.80. The van der Waals surface area contributed by atoms with Crippen molar-refractivity contribution in [1.82, 2.24) is 0 Å². The molecule has 0 aromatic rings. The molecule has 3 fully saturated rings. The van der Waals surface area contributed by atoms with Crippen LogP contribution < -0.4 is 0 Å². The van der Waals surface area contributed by atoms with Crippen LogP contribution in [0.5, 0.6) is 0 Å². The van der Waals surface area contributed by atoms with Gasteiger partial charge in [0.15, 0.2) is 11.6 Å². The molecule has 0 bridgehead atoms. The molecule has 4 rings (SSSR count). The molecule has 0 spiro atoms. The van der Waals surface area contributed by atoms with Gasteiger partial charge in [-0.3, -0.25) is 14.4 Å². The number of hydrogen-bond acceptors (Lipinski definition) is 5. The number of carbonyl (C=O) groups is 3. The predicted molar refractivity (Wildman–Crippen MR) is 103 cm³/mol. The number of Topliss-reactive ketones (excluding diaryl/α,β-unsaturated/α-hetero) is 1. The second-order valence-electron chi connectivity index (χ2n) is 9.99. The summed E-state index contributed by atoms with van der Waals surface area (Å²) in [6.45, 7) is 5.56. The molecular weight excluding hydrogens is 356 g/mol. The number of esters is 1. The first-order valence-corrected chi connectivity index (χ1v) is 10.8. The molecule has 28 heavy (non-hydrogen) atoms. The fourth-order valence-corrected chi connectivity index (χ4v) is 7.53. The maximum absolute atomic E-state index is 12.4. The standard InChI is InChI=1S/C23H32O5/c1-13(25)28-21-11-15-16-4-5-18(20(27)12-24)22(16,2)9-7-17(15)23(3)8-6-14(26)10-19(21)23/h10,15-18,21,24H,4-9,11-12H2,1-3H3/t15-,16-,17-,18+,21+,22-,23+/m0/s1. The number of ketones is 2. The molecule has 0 amide bonds. The van der Waals surface area contributed by atoms with E-state index in [1.165, 1.54) is 6.92 Å². The number of carbonyl (C=O) groups excluding carboxylic acids is 3. The van der Waals surface area contributed by atoms with Crippen molar-refractivity contribution in [1.29, 1.82) is 0 Å². The molecule has 0 aromatic heterocycles. The fraction of sp³-hybridized carbons (Fsp3) is 0.783. The summed E-state index contributed by atoms with van der Waals surface area (Å²) in [5, 5.41) is 9.45. The van der Waals surface area contributed by atoms with Gasteiger partial charge in [-0.15, -0.1) is 0 Å². The normalized spacial score (nSPS) is 44.8. The van der Waals surface area contributed by atoms with Gasteiger partial charge in [-0.25, -0.2) is 0 Å². The molecule has 0 heterocycles. The first-order chi connectivity index (χ1) is 13.2. The maximum Gasteiger partial charge on any atom is 0.303 e. The summed E-state index contributed by atoms with van der Waals surface area (Å²) in [5.41, 5.74) is 0.825. The predicted octanol–water partition coefficient (Wildman–Crippen LogP) is 3.24. The summed E-state index contributed by atoms with van der Waals surface area (Å²) in [6.07, 6.45) is 7.42. The summed E-state index contributed by atoms with van der Waals surface area (Å²) in [7, 11) is 0. The molecule has 154 valence electrons. The van der Waals surface area contributed by atoms with E-state index in [1.807, 2.05) is 0 Å². The summed E-state index contributed by atoms with van der Waals surface area (Å²) < 4.78 is 5.73. The van der Waals surface area contributed by atoms with Crippen LogP contribution in [0.15, 0.2) is 11.6 Å². The van der Waals surface area contributed by atoms with E-state index < -0.39 is 0 Å². The molecule has 5 nitrogen and oxygen atoms in total. The minimum atomic E-state index is -0.371. The Bertz CT molecular complexity index is 739. The Morgan fingerprint density at radius 3 is 2.61 bits per heavy atom. The average molecular weight is 389 g/mol. The summed E-state index contributed by atoms with van der Waals surface area (Å²) in [4.78, 5) is 36.4. The van der Waals surface area contributed by atoms with Crippen LogP contribution in [0.25, 0.3) is 0 Å². The molecule has 5 heteroatoms. The largest absolute Gasteiger partial charge is 0.458 e. The summed E-state index contributed by atoms with van der Waals surface area (Å²) in [5.74, 6) is 0.996. The van der Waals surface area contributed by atoms with Crippen LogP contribution in [0.4, 0.5) is 0 Å². The lowest BCUT2D eigenvalue weighted by atomic mass is 9.46. The van der Waals surface area contributed by atoms with Gasteiger partial charge in [0.2, 0.25) is 0 Å². The zero-order valence-electron chi connectivity index (χ0n) is 17.2. The van der Waals surface area contributed by atoms with Crippen molar-refractivity contribution in [3.63, 3.8) is 0 Å². The SMILES string of the molecule is CC(=O)O[C@@H]1C[C@H]2[C@@H]3CC[C@H](C(=O)CO)[C@@]3(C)CC[C@@H]2[C@@]2(C)CCC(=O)C=C12. The fourth-order valence-electron chi connectivity index (χ4n) is 7.53. The van der Waals surface area contributed by atoms with E-state index in [4.69, 9.17) is 4.74 Å². The van der Waals surface area contributed by atoms with Crippen molar-refractivity contribution in [2.24, 2.45) is 34.5 Å². The van der Waals surface area contributed by atoms with Crippen LogP contribution in [0.3, 0.4) is 0 Å². The number of hydrogen-bond donors (Lipinski definition) is 1. The van der Waals surface area contributed by atoms with Gasteiger partial charge in [-0.1, -0.05) is 13.8 Å². The van der Waals surface area contributed by atoms with Crippen LogP contribution in [-0.4, -0.2) is 35.4 Å².